The first-order valence-electron chi connectivity index (χ1n) is 8.86. The largest absolute Gasteiger partial charge is 0.490 e. The van der Waals surface area contributed by atoms with E-state index in [9.17, 15) is 4.79 Å². The standard InChI is InChI=1S/C21H22N2O4/c1-4-25-17-12-11-16(13-18(17)26-5-2)22-20(24)19-14(3)27-21(23-19)15-9-7-6-8-10-15/h6-13H,4-5H2,1-3H3,(H,22,24). The van der Waals surface area contributed by atoms with E-state index in [1.807, 2.05) is 44.2 Å². The highest BCUT2D eigenvalue weighted by Crippen LogP contribution is 2.31. The van der Waals surface area contributed by atoms with Crippen LogP contribution in [0.5, 0.6) is 11.5 Å². The van der Waals surface area contributed by atoms with Crippen LogP contribution >= 0.6 is 0 Å². The highest BCUT2D eigenvalue weighted by Gasteiger charge is 2.19. The zero-order chi connectivity index (χ0) is 19.2. The van der Waals surface area contributed by atoms with Crippen molar-refractivity contribution < 1.29 is 18.7 Å². The van der Waals surface area contributed by atoms with Gasteiger partial charge in [-0.25, -0.2) is 4.98 Å². The van der Waals surface area contributed by atoms with Crippen LogP contribution in [0.3, 0.4) is 0 Å². The summed E-state index contributed by atoms with van der Waals surface area (Å²) in [6.45, 7) is 6.55. The number of hydrogen-bond acceptors (Lipinski definition) is 5. The molecule has 0 saturated carbocycles. The molecule has 140 valence electrons. The number of carbonyl (C=O) groups excluding carboxylic acids is 1. The van der Waals surface area contributed by atoms with Crippen molar-refractivity contribution in [2.75, 3.05) is 18.5 Å². The van der Waals surface area contributed by atoms with Crippen LogP contribution in [0.2, 0.25) is 0 Å². The number of amides is 1. The maximum Gasteiger partial charge on any atom is 0.277 e. The first-order chi connectivity index (χ1) is 13.1. The smallest absolute Gasteiger partial charge is 0.277 e. The molecule has 2 aromatic carbocycles. The molecule has 6 nitrogen and oxygen atoms in total. The van der Waals surface area contributed by atoms with Gasteiger partial charge in [0.25, 0.3) is 5.91 Å². The van der Waals surface area contributed by atoms with Gasteiger partial charge in [-0.2, -0.15) is 0 Å². The summed E-state index contributed by atoms with van der Waals surface area (Å²) in [5, 5.41) is 2.83. The molecule has 1 aromatic heterocycles. The first kappa shape index (κ1) is 18.5. The van der Waals surface area contributed by atoms with Crippen LogP contribution in [0.15, 0.2) is 52.9 Å². The Kier molecular flexibility index (Phi) is 5.76. The lowest BCUT2D eigenvalue weighted by Crippen LogP contribution is -2.13. The third kappa shape index (κ3) is 4.28. The number of nitrogens with zero attached hydrogens (tertiary/aromatic N) is 1. The Bertz CT molecular complexity index is 919. The summed E-state index contributed by atoms with van der Waals surface area (Å²) in [5.41, 5.74) is 1.66. The lowest BCUT2D eigenvalue weighted by atomic mass is 10.2. The molecule has 3 aromatic rings. The van der Waals surface area contributed by atoms with Crippen molar-refractivity contribution in [2.45, 2.75) is 20.8 Å². The molecule has 1 amide bonds. The predicted molar refractivity (Wildman–Crippen MR) is 103 cm³/mol. The van der Waals surface area contributed by atoms with E-state index in [0.717, 1.165) is 5.56 Å². The van der Waals surface area contributed by atoms with E-state index in [2.05, 4.69) is 10.3 Å². The number of ether oxygens (including phenoxy) is 2. The average Bonchev–Trinajstić information content (AvgIpc) is 3.07. The van der Waals surface area contributed by atoms with Gasteiger partial charge in [-0.1, -0.05) is 18.2 Å². The van der Waals surface area contributed by atoms with Crippen molar-refractivity contribution in [2.24, 2.45) is 0 Å². The Morgan fingerprint density at radius 1 is 1.04 bits per heavy atom. The summed E-state index contributed by atoms with van der Waals surface area (Å²) in [6.07, 6.45) is 0. The van der Waals surface area contributed by atoms with E-state index in [1.54, 1.807) is 25.1 Å². The minimum atomic E-state index is -0.343. The number of nitrogens with one attached hydrogen (secondary N) is 1. The van der Waals surface area contributed by atoms with Gasteiger partial charge in [0.15, 0.2) is 17.2 Å². The fourth-order valence-corrected chi connectivity index (χ4v) is 2.63. The van der Waals surface area contributed by atoms with Crippen LogP contribution in [-0.2, 0) is 0 Å². The second-order valence-electron chi connectivity index (χ2n) is 5.77. The lowest BCUT2D eigenvalue weighted by Gasteiger charge is -2.12. The summed E-state index contributed by atoms with van der Waals surface area (Å²) < 4.78 is 16.8. The Hall–Kier alpha value is -3.28. The molecule has 3 rings (SSSR count). The van der Waals surface area contributed by atoms with Gasteiger partial charge < -0.3 is 19.2 Å². The van der Waals surface area contributed by atoms with Crippen LogP contribution in [0.4, 0.5) is 5.69 Å². The predicted octanol–water partition coefficient (Wildman–Crippen LogP) is 4.70. The van der Waals surface area contributed by atoms with Crippen LogP contribution in [0.1, 0.15) is 30.1 Å². The van der Waals surface area contributed by atoms with Gasteiger partial charge in [0.1, 0.15) is 5.76 Å². The molecule has 0 aliphatic heterocycles. The monoisotopic (exact) mass is 366 g/mol. The Balaban J connectivity index is 1.81. The van der Waals surface area contributed by atoms with E-state index in [1.165, 1.54) is 0 Å². The molecule has 0 atom stereocenters. The molecule has 0 unspecified atom stereocenters. The maximum atomic E-state index is 12.7. The Morgan fingerprint density at radius 3 is 2.44 bits per heavy atom. The molecule has 0 saturated heterocycles. The summed E-state index contributed by atoms with van der Waals surface area (Å²) in [6, 6.07) is 14.7. The number of rotatable bonds is 7. The lowest BCUT2D eigenvalue weighted by molar-refractivity contribution is 0.102. The van der Waals surface area contributed by atoms with Crippen molar-refractivity contribution in [3.63, 3.8) is 0 Å². The maximum absolute atomic E-state index is 12.7. The van der Waals surface area contributed by atoms with Gasteiger partial charge in [0, 0.05) is 17.3 Å². The number of benzene rings is 2. The second-order valence-corrected chi connectivity index (χ2v) is 5.77. The van der Waals surface area contributed by atoms with Crippen molar-refractivity contribution in [3.8, 4) is 23.0 Å². The summed E-state index contributed by atoms with van der Waals surface area (Å²) in [4.78, 5) is 17.0. The van der Waals surface area contributed by atoms with Gasteiger partial charge in [0.05, 0.1) is 13.2 Å². The molecule has 0 fully saturated rings. The molecule has 0 aliphatic rings. The zero-order valence-electron chi connectivity index (χ0n) is 15.6. The molecule has 6 heteroatoms. The van der Waals surface area contributed by atoms with Crippen molar-refractivity contribution >= 4 is 11.6 Å². The van der Waals surface area contributed by atoms with Gasteiger partial charge >= 0.3 is 0 Å². The minimum absolute atomic E-state index is 0.251. The molecular formula is C21H22N2O4. The average molecular weight is 366 g/mol. The molecule has 0 spiro atoms. The molecule has 0 aliphatic carbocycles. The first-order valence-corrected chi connectivity index (χ1v) is 8.86. The zero-order valence-corrected chi connectivity index (χ0v) is 15.6. The fourth-order valence-electron chi connectivity index (χ4n) is 2.63. The number of oxazole rings is 1. The number of carbonyl (C=O) groups is 1. The fraction of sp³-hybridized carbons (Fsp3) is 0.238. The summed E-state index contributed by atoms with van der Waals surface area (Å²) in [5.74, 6) is 1.76. The van der Waals surface area contributed by atoms with E-state index >= 15 is 0 Å². The second kappa shape index (κ2) is 8.40. The van der Waals surface area contributed by atoms with Crippen LogP contribution < -0.4 is 14.8 Å². The summed E-state index contributed by atoms with van der Waals surface area (Å²) in [7, 11) is 0. The topological polar surface area (TPSA) is 73.6 Å². The third-order valence-corrected chi connectivity index (χ3v) is 3.83. The minimum Gasteiger partial charge on any atom is -0.490 e. The number of anilines is 1. The van der Waals surface area contributed by atoms with E-state index < -0.39 is 0 Å². The van der Waals surface area contributed by atoms with Gasteiger partial charge in [-0.15, -0.1) is 0 Å². The Morgan fingerprint density at radius 2 is 1.74 bits per heavy atom. The van der Waals surface area contributed by atoms with Gasteiger partial charge in [-0.05, 0) is 45.0 Å². The van der Waals surface area contributed by atoms with Crippen LogP contribution in [-0.4, -0.2) is 24.1 Å². The number of aryl methyl sites for hydroxylation is 1. The van der Waals surface area contributed by atoms with E-state index in [4.69, 9.17) is 13.9 Å². The molecule has 0 bridgehead atoms. The van der Waals surface area contributed by atoms with Gasteiger partial charge in [0.2, 0.25) is 5.89 Å². The van der Waals surface area contributed by atoms with E-state index in [-0.39, 0.29) is 11.6 Å². The van der Waals surface area contributed by atoms with Crippen molar-refractivity contribution in [1.29, 1.82) is 0 Å². The van der Waals surface area contributed by atoms with Crippen LogP contribution in [0.25, 0.3) is 11.5 Å². The highest BCUT2D eigenvalue weighted by atomic mass is 16.5. The van der Waals surface area contributed by atoms with Gasteiger partial charge in [-0.3, -0.25) is 4.79 Å². The number of aromatic nitrogens is 1. The normalized spacial score (nSPS) is 10.5. The van der Waals surface area contributed by atoms with Crippen LogP contribution in [0, 0.1) is 6.92 Å². The Labute approximate surface area is 158 Å². The molecule has 27 heavy (non-hydrogen) atoms. The van der Waals surface area contributed by atoms with E-state index in [0.29, 0.717) is 42.1 Å². The third-order valence-electron chi connectivity index (χ3n) is 3.83. The number of hydrogen-bond donors (Lipinski definition) is 1. The van der Waals surface area contributed by atoms with Crippen molar-refractivity contribution in [1.82, 2.24) is 4.98 Å². The molecule has 1 heterocycles. The molecule has 1 N–H and O–H groups in total. The summed E-state index contributed by atoms with van der Waals surface area (Å²) >= 11 is 0. The SMILES string of the molecule is CCOc1ccc(NC(=O)c2nc(-c3ccccc3)oc2C)cc1OCC. The van der Waals surface area contributed by atoms with Crippen molar-refractivity contribution in [3.05, 3.63) is 60.0 Å². The molecular weight excluding hydrogens is 344 g/mol. The highest BCUT2D eigenvalue weighted by molar-refractivity contribution is 6.04. The quantitative estimate of drug-likeness (QED) is 0.656. The molecule has 0 radical (unpaired) electrons.